The summed E-state index contributed by atoms with van der Waals surface area (Å²) in [5.74, 6) is -3.82. The lowest BCUT2D eigenvalue weighted by Crippen LogP contribution is -2.48. The van der Waals surface area contributed by atoms with Gasteiger partial charge in [-0.15, -0.1) is 0 Å². The van der Waals surface area contributed by atoms with E-state index in [0.29, 0.717) is 29.2 Å². The van der Waals surface area contributed by atoms with Crippen LogP contribution in [0.3, 0.4) is 0 Å². The van der Waals surface area contributed by atoms with Crippen molar-refractivity contribution >= 4 is 46.6 Å². The molecule has 6 unspecified atom stereocenters. The third-order valence-electron chi connectivity index (χ3n) is 9.60. The number of carbonyl (C=O) groups excluding carboxylic acids is 4. The maximum atomic E-state index is 14.3. The number of phenols is 1. The molecule has 7 nitrogen and oxygen atoms in total. The highest BCUT2D eigenvalue weighted by Crippen LogP contribution is 2.63. The Morgan fingerprint density at radius 3 is 2.12 bits per heavy atom. The molecule has 0 bridgehead atoms. The van der Waals surface area contributed by atoms with Crippen molar-refractivity contribution in [3.63, 3.8) is 0 Å². The van der Waals surface area contributed by atoms with E-state index in [4.69, 9.17) is 11.6 Å². The van der Waals surface area contributed by atoms with E-state index < -0.39 is 35.0 Å². The summed E-state index contributed by atoms with van der Waals surface area (Å²) in [5, 5.41) is 10.5. The van der Waals surface area contributed by atoms with E-state index in [-0.39, 0.29) is 29.4 Å². The van der Waals surface area contributed by atoms with Crippen LogP contribution in [-0.4, -0.2) is 28.7 Å². The van der Waals surface area contributed by atoms with Crippen LogP contribution in [0.1, 0.15) is 31.2 Å². The van der Waals surface area contributed by atoms with Crippen molar-refractivity contribution in [3.05, 3.63) is 101 Å². The lowest BCUT2D eigenvalue weighted by atomic mass is 9.51. The fourth-order valence-corrected chi connectivity index (χ4v) is 7.86. The number of phenolic OH excluding ortho intramolecular Hbond substituents is 1. The summed E-state index contributed by atoms with van der Waals surface area (Å²) >= 11 is 6.06. The number of anilines is 2. The van der Waals surface area contributed by atoms with E-state index in [9.17, 15) is 24.3 Å². The average Bonchev–Trinajstić information content (AvgIpc) is 3.34. The Labute approximate surface area is 242 Å². The van der Waals surface area contributed by atoms with Crippen LogP contribution in [0, 0.1) is 29.1 Å². The van der Waals surface area contributed by atoms with Crippen LogP contribution in [0.5, 0.6) is 5.75 Å². The second kappa shape index (κ2) is 9.14. The van der Waals surface area contributed by atoms with Gasteiger partial charge in [0.1, 0.15) is 5.75 Å². The van der Waals surface area contributed by atoms with Gasteiger partial charge < -0.3 is 5.11 Å². The molecule has 4 amide bonds. The Bertz CT molecular complexity index is 1630. The van der Waals surface area contributed by atoms with Crippen molar-refractivity contribution in [3.8, 4) is 5.75 Å². The van der Waals surface area contributed by atoms with Crippen LogP contribution < -0.4 is 9.80 Å². The minimum absolute atomic E-state index is 0.0930. The van der Waals surface area contributed by atoms with Crippen molar-refractivity contribution in [1.82, 2.24) is 0 Å². The van der Waals surface area contributed by atoms with Crippen molar-refractivity contribution in [2.24, 2.45) is 29.1 Å². The van der Waals surface area contributed by atoms with Crippen molar-refractivity contribution in [1.29, 1.82) is 0 Å². The number of carbonyl (C=O) groups is 4. The predicted molar refractivity (Wildman–Crippen MR) is 153 cm³/mol. The molecule has 206 valence electrons. The molecule has 0 radical (unpaired) electrons. The molecule has 3 fully saturated rings. The quantitative estimate of drug-likeness (QED) is 0.334. The number of halogens is 1. The molecule has 4 aliphatic rings. The van der Waals surface area contributed by atoms with E-state index in [1.54, 1.807) is 72.8 Å². The van der Waals surface area contributed by atoms with Crippen LogP contribution >= 0.6 is 11.6 Å². The minimum Gasteiger partial charge on any atom is -0.508 e. The first kappa shape index (κ1) is 25.7. The number of benzene rings is 3. The van der Waals surface area contributed by atoms with E-state index in [0.717, 1.165) is 11.1 Å². The molecule has 2 aliphatic carbocycles. The molecule has 8 heteroatoms. The highest BCUT2D eigenvalue weighted by molar-refractivity contribution is 6.31. The van der Waals surface area contributed by atoms with Gasteiger partial charge in [0.25, 0.3) is 0 Å². The number of allylic oxidation sites excluding steroid dienone is 2. The fourth-order valence-electron chi connectivity index (χ4n) is 7.73. The molecule has 7 rings (SSSR count). The molecule has 2 aliphatic heterocycles. The van der Waals surface area contributed by atoms with Crippen LogP contribution in [0.2, 0.25) is 5.02 Å². The predicted octanol–water partition coefficient (Wildman–Crippen LogP) is 5.48. The third-order valence-corrected chi connectivity index (χ3v) is 9.85. The molecule has 1 N–H and O–H groups in total. The van der Waals surface area contributed by atoms with E-state index in [1.807, 2.05) is 19.1 Å². The maximum Gasteiger partial charge on any atom is 0.241 e. The molecule has 6 atom stereocenters. The zero-order chi connectivity index (χ0) is 28.6. The number of rotatable bonds is 3. The Balaban J connectivity index is 1.36. The van der Waals surface area contributed by atoms with Gasteiger partial charge in [-0.05, 0) is 79.8 Å². The van der Waals surface area contributed by atoms with Crippen LogP contribution in [0.15, 0.2) is 90.5 Å². The zero-order valence-electron chi connectivity index (χ0n) is 22.2. The van der Waals surface area contributed by atoms with Crippen LogP contribution in [0.4, 0.5) is 11.4 Å². The second-order valence-corrected chi connectivity index (χ2v) is 12.0. The van der Waals surface area contributed by atoms with Gasteiger partial charge in [-0.3, -0.25) is 24.1 Å². The minimum atomic E-state index is -1.11. The highest BCUT2D eigenvalue weighted by Gasteiger charge is 2.67. The van der Waals surface area contributed by atoms with Gasteiger partial charge >= 0.3 is 0 Å². The SMILES string of the molecule is CC12C(=O)N(c3ccccc3)C(=O)C1CC1C(=CCC3C(=O)N(c4ccc(Cl)cc4)C(=O)C31)C2c1ccc(O)cc1. The number of nitrogens with zero attached hydrogens (tertiary/aromatic N) is 2. The van der Waals surface area contributed by atoms with Crippen molar-refractivity contribution in [2.45, 2.75) is 25.7 Å². The Morgan fingerprint density at radius 1 is 0.780 bits per heavy atom. The summed E-state index contributed by atoms with van der Waals surface area (Å²) in [5.41, 5.74) is 1.57. The molecular formula is C33H27ClN2O5. The number of imide groups is 2. The molecule has 41 heavy (non-hydrogen) atoms. The Hall–Kier alpha value is -4.23. The Morgan fingerprint density at radius 2 is 1.44 bits per heavy atom. The molecule has 3 aromatic carbocycles. The van der Waals surface area contributed by atoms with Gasteiger partial charge in [-0.25, -0.2) is 4.90 Å². The molecule has 0 aromatic heterocycles. The van der Waals surface area contributed by atoms with Gasteiger partial charge in [-0.1, -0.05) is 53.6 Å². The summed E-state index contributed by atoms with van der Waals surface area (Å²) < 4.78 is 0. The first-order valence-corrected chi connectivity index (χ1v) is 14.1. The molecular weight excluding hydrogens is 540 g/mol. The summed E-state index contributed by atoms with van der Waals surface area (Å²) in [4.78, 5) is 58.6. The van der Waals surface area contributed by atoms with Gasteiger partial charge in [-0.2, -0.15) is 0 Å². The lowest BCUT2D eigenvalue weighted by molar-refractivity contribution is -0.131. The van der Waals surface area contributed by atoms with Crippen LogP contribution in [-0.2, 0) is 19.2 Å². The maximum absolute atomic E-state index is 14.3. The number of fused-ring (bicyclic) bond motifs is 4. The van der Waals surface area contributed by atoms with E-state index in [2.05, 4.69) is 0 Å². The number of hydrogen-bond donors (Lipinski definition) is 1. The third kappa shape index (κ3) is 3.58. The summed E-state index contributed by atoms with van der Waals surface area (Å²) in [6, 6.07) is 22.2. The van der Waals surface area contributed by atoms with Gasteiger partial charge in [0, 0.05) is 10.9 Å². The highest BCUT2D eigenvalue weighted by atomic mass is 35.5. The topological polar surface area (TPSA) is 95.0 Å². The summed E-state index contributed by atoms with van der Waals surface area (Å²) in [6.07, 6.45) is 2.68. The molecule has 2 heterocycles. The second-order valence-electron chi connectivity index (χ2n) is 11.6. The molecule has 1 saturated carbocycles. The van der Waals surface area contributed by atoms with Gasteiger partial charge in [0.15, 0.2) is 0 Å². The first-order valence-electron chi connectivity index (χ1n) is 13.8. The number of amides is 4. The molecule has 0 spiro atoms. The Kier molecular flexibility index (Phi) is 5.74. The monoisotopic (exact) mass is 566 g/mol. The molecule has 3 aromatic rings. The summed E-state index contributed by atoms with van der Waals surface area (Å²) in [7, 11) is 0. The van der Waals surface area contributed by atoms with E-state index in [1.165, 1.54) is 9.80 Å². The molecule has 2 saturated heterocycles. The first-order chi connectivity index (χ1) is 19.7. The van der Waals surface area contributed by atoms with Gasteiger partial charge in [0.05, 0.1) is 34.5 Å². The lowest BCUT2D eigenvalue weighted by Gasteiger charge is -2.49. The largest absolute Gasteiger partial charge is 0.508 e. The summed E-state index contributed by atoms with van der Waals surface area (Å²) in [6.45, 7) is 1.85. The average molecular weight is 567 g/mol. The fraction of sp³-hybridized carbons (Fsp3) is 0.273. The van der Waals surface area contributed by atoms with Gasteiger partial charge in [0.2, 0.25) is 23.6 Å². The number of hydrogen-bond acceptors (Lipinski definition) is 5. The number of para-hydroxylation sites is 1. The van der Waals surface area contributed by atoms with Crippen molar-refractivity contribution < 1.29 is 24.3 Å². The van der Waals surface area contributed by atoms with Crippen molar-refractivity contribution in [2.75, 3.05) is 9.80 Å². The van der Waals surface area contributed by atoms with Crippen LogP contribution in [0.25, 0.3) is 0 Å². The number of aromatic hydroxyl groups is 1. The standard InChI is InChI=1S/C33H27ClN2O5/c1-33-26(30(39)36(32(33)41)20-5-3-2-4-6-20)17-25-23(28(33)18-7-13-22(37)14-8-18)15-16-24-27(25)31(40)35(29(24)38)21-11-9-19(34)10-12-21/h2-15,24-28,37H,16-17H2,1H3. The normalized spacial score (nSPS) is 30.7. The van der Waals surface area contributed by atoms with E-state index >= 15 is 0 Å². The smallest absolute Gasteiger partial charge is 0.241 e. The zero-order valence-corrected chi connectivity index (χ0v) is 23.0.